The number of hydrogen-bond donors (Lipinski definition) is 2. The van der Waals surface area contributed by atoms with Gasteiger partial charge in [0.1, 0.15) is 0 Å². The van der Waals surface area contributed by atoms with Gasteiger partial charge in [-0.05, 0) is 67.6 Å². The maximum Gasteiger partial charge on any atom is 0.0576 e. The molecule has 2 heteroatoms. The molecule has 1 aromatic rings. The lowest BCUT2D eigenvalue weighted by atomic mass is 10.0. The van der Waals surface area contributed by atoms with Crippen LogP contribution in [0.15, 0.2) is 18.2 Å². The minimum atomic E-state index is 0.728. The Bertz CT molecular complexity index is 452. The molecule has 90 valence electrons. The minimum absolute atomic E-state index is 0.728. The minimum Gasteiger partial charge on any atom is -0.397 e. The first-order valence-electron chi connectivity index (χ1n) is 6.87. The van der Waals surface area contributed by atoms with E-state index in [-0.39, 0.29) is 0 Å². The summed E-state index contributed by atoms with van der Waals surface area (Å²) >= 11 is 0. The standard InChI is InChI=1S/C15H20N2/c1-8-2-5-12(11(16)6-8)17-15-13-9-3-4-10(7-9)14(13)15/h2,5-6,9-10,13-15,17H,3-4,7,16H2,1H3. The molecule has 4 atom stereocenters. The maximum atomic E-state index is 6.07. The van der Waals surface area contributed by atoms with Crippen LogP contribution in [0.1, 0.15) is 24.8 Å². The van der Waals surface area contributed by atoms with Crippen LogP contribution in [-0.2, 0) is 0 Å². The molecule has 4 rings (SSSR count). The molecule has 3 fully saturated rings. The SMILES string of the molecule is Cc1ccc(NC2C3C4CCC(C4)C23)c(N)c1. The second-order valence-electron chi connectivity index (χ2n) is 6.25. The highest BCUT2D eigenvalue weighted by Crippen LogP contribution is 2.66. The molecule has 2 nitrogen and oxygen atoms in total. The molecular formula is C15H20N2. The fourth-order valence-corrected chi connectivity index (χ4v) is 4.51. The van der Waals surface area contributed by atoms with Crippen LogP contribution in [0.2, 0.25) is 0 Å². The molecule has 0 spiro atoms. The number of benzene rings is 1. The smallest absolute Gasteiger partial charge is 0.0576 e. The first-order valence-corrected chi connectivity index (χ1v) is 6.87. The molecule has 4 unspecified atom stereocenters. The molecule has 17 heavy (non-hydrogen) atoms. The summed E-state index contributed by atoms with van der Waals surface area (Å²) in [6.45, 7) is 2.09. The van der Waals surface area contributed by atoms with Crippen LogP contribution in [0, 0.1) is 30.6 Å². The summed E-state index contributed by atoms with van der Waals surface area (Å²) in [5, 5.41) is 3.69. The van der Waals surface area contributed by atoms with E-state index in [0.717, 1.165) is 41.1 Å². The predicted octanol–water partition coefficient (Wildman–Crippen LogP) is 3.03. The Balaban J connectivity index is 1.52. The first kappa shape index (κ1) is 9.81. The van der Waals surface area contributed by atoms with E-state index in [1.54, 1.807) is 0 Å². The average molecular weight is 228 g/mol. The van der Waals surface area contributed by atoms with Crippen LogP contribution in [0.25, 0.3) is 0 Å². The van der Waals surface area contributed by atoms with Crippen molar-refractivity contribution in [3.63, 3.8) is 0 Å². The lowest BCUT2D eigenvalue weighted by molar-refractivity contribution is 0.456. The summed E-state index contributed by atoms with van der Waals surface area (Å²) in [7, 11) is 0. The summed E-state index contributed by atoms with van der Waals surface area (Å²) in [5.74, 6) is 3.98. The summed E-state index contributed by atoms with van der Waals surface area (Å²) < 4.78 is 0. The van der Waals surface area contributed by atoms with Crippen molar-refractivity contribution in [2.45, 2.75) is 32.2 Å². The van der Waals surface area contributed by atoms with Gasteiger partial charge in [-0.3, -0.25) is 0 Å². The zero-order chi connectivity index (χ0) is 11.6. The Labute approximate surface area is 103 Å². The van der Waals surface area contributed by atoms with E-state index in [9.17, 15) is 0 Å². The normalized spacial score (nSPS) is 41.4. The summed E-state index contributed by atoms with van der Waals surface area (Å²) in [5.41, 5.74) is 9.36. The van der Waals surface area contributed by atoms with E-state index in [0.29, 0.717) is 0 Å². The van der Waals surface area contributed by atoms with E-state index in [2.05, 4.69) is 30.4 Å². The number of nitrogen functional groups attached to an aromatic ring is 1. The van der Waals surface area contributed by atoms with Crippen LogP contribution in [0.4, 0.5) is 11.4 Å². The number of nitrogens with two attached hydrogens (primary N) is 1. The van der Waals surface area contributed by atoms with E-state index < -0.39 is 0 Å². The zero-order valence-corrected chi connectivity index (χ0v) is 10.3. The maximum absolute atomic E-state index is 6.07. The molecule has 3 aliphatic rings. The van der Waals surface area contributed by atoms with Crippen LogP contribution in [0.3, 0.4) is 0 Å². The van der Waals surface area contributed by atoms with Gasteiger partial charge in [0.2, 0.25) is 0 Å². The van der Waals surface area contributed by atoms with Gasteiger partial charge >= 0.3 is 0 Å². The highest BCUT2D eigenvalue weighted by atomic mass is 15.0. The number of fused-ring (bicyclic) bond motifs is 5. The third-order valence-electron chi connectivity index (χ3n) is 5.26. The average Bonchev–Trinajstić information content (AvgIpc) is 2.70. The Kier molecular flexibility index (Phi) is 1.84. The van der Waals surface area contributed by atoms with Crippen molar-refractivity contribution >= 4 is 11.4 Å². The lowest BCUT2D eigenvalue weighted by Gasteiger charge is -2.13. The number of hydrogen-bond acceptors (Lipinski definition) is 2. The van der Waals surface area contributed by atoms with Gasteiger partial charge in [-0.15, -0.1) is 0 Å². The van der Waals surface area contributed by atoms with Gasteiger partial charge in [0, 0.05) is 6.04 Å². The number of aryl methyl sites for hydroxylation is 1. The van der Waals surface area contributed by atoms with Crippen molar-refractivity contribution in [2.75, 3.05) is 11.1 Å². The van der Waals surface area contributed by atoms with E-state index in [1.807, 2.05) is 0 Å². The van der Waals surface area contributed by atoms with Crippen molar-refractivity contribution in [2.24, 2.45) is 23.7 Å². The number of anilines is 2. The van der Waals surface area contributed by atoms with E-state index in [1.165, 1.54) is 24.8 Å². The van der Waals surface area contributed by atoms with Crippen molar-refractivity contribution in [3.05, 3.63) is 23.8 Å². The Morgan fingerprint density at radius 3 is 2.53 bits per heavy atom. The van der Waals surface area contributed by atoms with Crippen molar-refractivity contribution < 1.29 is 0 Å². The molecule has 0 heterocycles. The predicted molar refractivity (Wildman–Crippen MR) is 70.8 cm³/mol. The van der Waals surface area contributed by atoms with Gasteiger partial charge in [0.25, 0.3) is 0 Å². The third-order valence-corrected chi connectivity index (χ3v) is 5.26. The van der Waals surface area contributed by atoms with Gasteiger partial charge in [0.15, 0.2) is 0 Å². The quantitative estimate of drug-likeness (QED) is 0.764. The Morgan fingerprint density at radius 1 is 1.18 bits per heavy atom. The van der Waals surface area contributed by atoms with Gasteiger partial charge in [-0.2, -0.15) is 0 Å². The molecule has 0 aliphatic heterocycles. The molecule has 1 aromatic carbocycles. The lowest BCUT2D eigenvalue weighted by Crippen LogP contribution is -2.13. The second-order valence-corrected chi connectivity index (χ2v) is 6.25. The fraction of sp³-hybridized carbons (Fsp3) is 0.600. The van der Waals surface area contributed by atoms with Crippen molar-refractivity contribution in [1.82, 2.24) is 0 Å². The highest BCUT2D eigenvalue weighted by Gasteiger charge is 2.65. The molecule has 0 amide bonds. The summed E-state index contributed by atoms with van der Waals surface area (Å²) in [4.78, 5) is 0. The number of nitrogens with one attached hydrogen (secondary N) is 1. The molecular weight excluding hydrogens is 208 g/mol. The molecule has 3 saturated carbocycles. The van der Waals surface area contributed by atoms with Crippen molar-refractivity contribution in [3.8, 4) is 0 Å². The van der Waals surface area contributed by atoms with Gasteiger partial charge < -0.3 is 11.1 Å². The fourth-order valence-electron chi connectivity index (χ4n) is 4.51. The molecule has 3 N–H and O–H groups in total. The molecule has 0 radical (unpaired) electrons. The summed E-state index contributed by atoms with van der Waals surface area (Å²) in [6, 6.07) is 7.08. The third kappa shape index (κ3) is 1.33. The van der Waals surface area contributed by atoms with Crippen LogP contribution in [-0.4, -0.2) is 6.04 Å². The molecule has 0 aromatic heterocycles. The van der Waals surface area contributed by atoms with Gasteiger partial charge in [-0.1, -0.05) is 6.07 Å². The van der Waals surface area contributed by atoms with E-state index in [4.69, 9.17) is 5.73 Å². The van der Waals surface area contributed by atoms with Crippen LogP contribution < -0.4 is 11.1 Å². The van der Waals surface area contributed by atoms with Crippen LogP contribution in [0.5, 0.6) is 0 Å². The zero-order valence-electron chi connectivity index (χ0n) is 10.3. The molecule has 0 saturated heterocycles. The Hall–Kier alpha value is -1.18. The van der Waals surface area contributed by atoms with Crippen LogP contribution >= 0.6 is 0 Å². The summed E-state index contributed by atoms with van der Waals surface area (Å²) in [6.07, 6.45) is 4.47. The van der Waals surface area contributed by atoms with Gasteiger partial charge in [-0.25, -0.2) is 0 Å². The van der Waals surface area contributed by atoms with Gasteiger partial charge in [0.05, 0.1) is 11.4 Å². The topological polar surface area (TPSA) is 38.0 Å². The largest absolute Gasteiger partial charge is 0.397 e. The second kappa shape index (κ2) is 3.18. The highest BCUT2D eigenvalue weighted by molar-refractivity contribution is 5.68. The molecule has 3 aliphatic carbocycles. The first-order chi connectivity index (χ1) is 8.24. The number of rotatable bonds is 2. The van der Waals surface area contributed by atoms with Crippen molar-refractivity contribution in [1.29, 1.82) is 0 Å². The molecule has 2 bridgehead atoms. The monoisotopic (exact) mass is 228 g/mol. The van der Waals surface area contributed by atoms with E-state index >= 15 is 0 Å². The Morgan fingerprint density at radius 2 is 1.88 bits per heavy atom.